The summed E-state index contributed by atoms with van der Waals surface area (Å²) in [5.74, 6) is -0.123. The highest BCUT2D eigenvalue weighted by atomic mass is 127. The van der Waals surface area contributed by atoms with Crippen LogP contribution >= 0.6 is 22.6 Å². The van der Waals surface area contributed by atoms with Crippen LogP contribution in [0.3, 0.4) is 0 Å². The Hall–Kier alpha value is -3.51. The van der Waals surface area contributed by atoms with Gasteiger partial charge < -0.3 is 4.90 Å². The third-order valence-corrected chi connectivity index (χ3v) is 9.46. The van der Waals surface area contributed by atoms with E-state index in [0.29, 0.717) is 17.8 Å². The van der Waals surface area contributed by atoms with Gasteiger partial charge in [-0.3, -0.25) is 9.59 Å². The van der Waals surface area contributed by atoms with E-state index in [9.17, 15) is 9.59 Å². The van der Waals surface area contributed by atoms with Gasteiger partial charge in [-0.2, -0.15) is 0 Å². The first kappa shape index (κ1) is 23.6. The molecule has 4 heteroatoms. The van der Waals surface area contributed by atoms with Crippen molar-refractivity contribution in [2.75, 3.05) is 6.54 Å². The summed E-state index contributed by atoms with van der Waals surface area (Å²) in [6.07, 6.45) is 0.809. The number of hydrogen-bond acceptors (Lipinski definition) is 3. The second-order valence-electron chi connectivity index (χ2n) is 10.5. The fourth-order valence-electron chi connectivity index (χ4n) is 7.72. The number of carbonyl (C=O) groups is 2. The van der Waals surface area contributed by atoms with E-state index in [2.05, 4.69) is 125 Å². The number of halogens is 1. The lowest BCUT2D eigenvalue weighted by Crippen LogP contribution is -2.59. The van der Waals surface area contributed by atoms with Gasteiger partial charge in [0.15, 0.2) is 11.6 Å². The van der Waals surface area contributed by atoms with Crippen molar-refractivity contribution in [3.05, 3.63) is 140 Å². The Morgan fingerprint density at radius 1 is 0.711 bits per heavy atom. The molecule has 0 N–H and O–H groups in total. The summed E-state index contributed by atoms with van der Waals surface area (Å²) >= 11 is 2.34. The van der Waals surface area contributed by atoms with Crippen LogP contribution in [-0.2, 0) is 27.0 Å². The van der Waals surface area contributed by atoms with Crippen LogP contribution in [0.1, 0.15) is 41.7 Å². The average Bonchev–Trinajstić information content (AvgIpc) is 3.39. The van der Waals surface area contributed by atoms with Gasteiger partial charge in [-0.1, -0.05) is 84.9 Å². The molecule has 0 saturated carbocycles. The Kier molecular flexibility index (Phi) is 5.12. The van der Waals surface area contributed by atoms with Crippen LogP contribution in [0.15, 0.2) is 108 Å². The van der Waals surface area contributed by atoms with Gasteiger partial charge in [0.2, 0.25) is 0 Å². The van der Waals surface area contributed by atoms with Crippen molar-refractivity contribution in [3.63, 3.8) is 0 Å². The number of ketones is 2. The molecule has 0 amide bonds. The van der Waals surface area contributed by atoms with Crippen LogP contribution in [0.2, 0.25) is 0 Å². The summed E-state index contributed by atoms with van der Waals surface area (Å²) < 4.78 is 1.14. The van der Waals surface area contributed by atoms with Crippen molar-refractivity contribution >= 4 is 34.2 Å². The maximum atomic E-state index is 14.0. The monoisotopic (exact) mass is 607 g/mol. The van der Waals surface area contributed by atoms with Crippen molar-refractivity contribution in [3.8, 4) is 11.1 Å². The maximum absolute atomic E-state index is 14.0. The van der Waals surface area contributed by atoms with E-state index in [0.717, 1.165) is 43.4 Å². The highest BCUT2D eigenvalue weighted by Crippen LogP contribution is 2.70. The minimum atomic E-state index is -0.893. The van der Waals surface area contributed by atoms with E-state index >= 15 is 0 Å². The average molecular weight is 607 g/mol. The first-order chi connectivity index (χ1) is 18.4. The lowest BCUT2D eigenvalue weighted by Gasteiger charge is -2.55. The van der Waals surface area contributed by atoms with E-state index in [4.69, 9.17) is 0 Å². The molecule has 0 saturated heterocycles. The molecule has 38 heavy (non-hydrogen) atoms. The molecule has 1 aliphatic carbocycles. The number of nitrogens with zero attached hydrogens (tertiary/aromatic N) is 1. The number of Topliss-reactive ketones (excluding diaryl/α,β-unsaturated/α-hetero) is 2. The molecular weight excluding hydrogens is 581 g/mol. The zero-order chi connectivity index (χ0) is 26.2. The third kappa shape index (κ3) is 2.69. The molecule has 2 aliphatic heterocycles. The highest BCUT2D eigenvalue weighted by Gasteiger charge is 2.71. The molecule has 0 radical (unpaired) electrons. The van der Waals surface area contributed by atoms with Gasteiger partial charge in [-0.15, -0.1) is 0 Å². The molecule has 0 bridgehead atoms. The van der Waals surface area contributed by atoms with Crippen LogP contribution in [0.25, 0.3) is 11.1 Å². The minimum Gasteiger partial charge on any atom is -0.353 e. The van der Waals surface area contributed by atoms with Crippen molar-refractivity contribution < 1.29 is 9.59 Å². The molecule has 1 atom stereocenters. The molecule has 0 fully saturated rings. The zero-order valence-electron chi connectivity index (χ0n) is 21.3. The molecule has 7 rings (SSSR count). The summed E-state index contributed by atoms with van der Waals surface area (Å²) in [6.45, 7) is 3.90. The normalized spacial score (nSPS) is 20.1. The Balaban J connectivity index is 1.79. The fraction of sp³-hybridized carbons (Fsp3) is 0.176. The number of benzene rings is 4. The summed E-state index contributed by atoms with van der Waals surface area (Å²) in [7, 11) is 0. The first-order valence-corrected chi connectivity index (χ1v) is 14.1. The number of allylic oxidation sites excluding steroid dienone is 1. The molecule has 3 aliphatic rings. The summed E-state index contributed by atoms with van der Waals surface area (Å²) in [5, 5.41) is 0. The number of carbonyl (C=O) groups excluding carboxylic acids is 2. The fourth-order valence-corrected chi connectivity index (χ4v) is 8.08. The Labute approximate surface area is 236 Å². The van der Waals surface area contributed by atoms with Crippen molar-refractivity contribution in [2.24, 2.45) is 0 Å². The van der Waals surface area contributed by atoms with E-state index < -0.39 is 11.0 Å². The standard InChI is InChI=1S/C34H26INO2/c1-21(37)31-32(22(2)38)36-20-19-23-9-3-6-12-28(23)34(36,24-15-17-25(35)18-16-24)33(31)29-13-7-4-10-26(29)27-11-5-8-14-30(27)33/h3-18H,19-20H2,1-2H3. The lowest BCUT2D eigenvalue weighted by molar-refractivity contribution is -0.117. The van der Waals surface area contributed by atoms with Crippen LogP contribution in [0.4, 0.5) is 0 Å². The lowest BCUT2D eigenvalue weighted by atomic mass is 9.54. The van der Waals surface area contributed by atoms with E-state index in [1.807, 2.05) is 0 Å². The van der Waals surface area contributed by atoms with E-state index in [-0.39, 0.29) is 11.6 Å². The zero-order valence-corrected chi connectivity index (χ0v) is 23.5. The molecule has 1 unspecified atom stereocenters. The van der Waals surface area contributed by atoms with Crippen LogP contribution in [0.5, 0.6) is 0 Å². The van der Waals surface area contributed by atoms with Gasteiger partial charge in [0.25, 0.3) is 0 Å². The van der Waals surface area contributed by atoms with Gasteiger partial charge in [0, 0.05) is 22.6 Å². The first-order valence-electron chi connectivity index (χ1n) is 13.0. The van der Waals surface area contributed by atoms with Crippen molar-refractivity contribution in [2.45, 2.75) is 31.2 Å². The molecule has 4 aromatic rings. The molecule has 0 aromatic heterocycles. The van der Waals surface area contributed by atoms with Gasteiger partial charge in [0.1, 0.15) is 5.54 Å². The van der Waals surface area contributed by atoms with Gasteiger partial charge >= 0.3 is 0 Å². The van der Waals surface area contributed by atoms with E-state index in [1.54, 1.807) is 13.8 Å². The van der Waals surface area contributed by atoms with Gasteiger partial charge in [-0.05, 0) is 87.0 Å². The number of fused-ring (bicyclic) bond motifs is 9. The third-order valence-electron chi connectivity index (χ3n) is 8.74. The molecule has 4 aromatic carbocycles. The second-order valence-corrected chi connectivity index (χ2v) is 11.7. The summed E-state index contributed by atoms with van der Waals surface area (Å²) in [4.78, 5) is 29.9. The Morgan fingerprint density at radius 3 is 1.84 bits per heavy atom. The smallest absolute Gasteiger partial charge is 0.176 e. The van der Waals surface area contributed by atoms with Crippen LogP contribution < -0.4 is 0 Å². The predicted octanol–water partition coefficient (Wildman–Crippen LogP) is 6.81. The van der Waals surface area contributed by atoms with Crippen LogP contribution in [0, 0.1) is 3.57 Å². The van der Waals surface area contributed by atoms with Crippen molar-refractivity contribution in [1.82, 2.24) is 4.90 Å². The SMILES string of the molecule is CC(=O)C1=C(C(C)=O)C2(c3ccccc3-c3ccccc32)C2(c3ccc(I)cc3)c3ccccc3CCN12. The van der Waals surface area contributed by atoms with Gasteiger partial charge in [0.05, 0.1) is 11.1 Å². The maximum Gasteiger partial charge on any atom is 0.176 e. The second kappa shape index (κ2) is 8.24. The van der Waals surface area contributed by atoms with Crippen molar-refractivity contribution in [1.29, 1.82) is 0 Å². The number of hydrogen-bond donors (Lipinski definition) is 0. The van der Waals surface area contributed by atoms with Crippen LogP contribution in [-0.4, -0.2) is 23.0 Å². The molecule has 2 heterocycles. The molecule has 1 spiro atoms. The summed E-state index contributed by atoms with van der Waals surface area (Å²) in [6, 6.07) is 34.2. The quantitative estimate of drug-likeness (QED) is 0.241. The molecule has 186 valence electrons. The Morgan fingerprint density at radius 2 is 1.26 bits per heavy atom. The summed E-state index contributed by atoms with van der Waals surface area (Å²) in [5.41, 5.74) is 7.39. The molecular formula is C34H26INO2. The minimum absolute atomic E-state index is 0.0570. The van der Waals surface area contributed by atoms with Gasteiger partial charge in [-0.25, -0.2) is 0 Å². The number of rotatable bonds is 3. The van der Waals surface area contributed by atoms with E-state index in [1.165, 1.54) is 5.56 Å². The molecule has 3 nitrogen and oxygen atoms in total. The topological polar surface area (TPSA) is 37.4 Å². The predicted molar refractivity (Wildman–Crippen MR) is 158 cm³/mol. The highest BCUT2D eigenvalue weighted by molar-refractivity contribution is 14.1. The largest absolute Gasteiger partial charge is 0.353 e. The Bertz CT molecular complexity index is 1650.